The Balaban J connectivity index is 1.66. The van der Waals surface area contributed by atoms with Gasteiger partial charge in [0.1, 0.15) is 5.82 Å². The van der Waals surface area contributed by atoms with Crippen LogP contribution in [0.5, 0.6) is 0 Å². The van der Waals surface area contributed by atoms with Gasteiger partial charge in [-0.25, -0.2) is 4.39 Å². The van der Waals surface area contributed by atoms with Crippen LogP contribution in [0.3, 0.4) is 0 Å². The van der Waals surface area contributed by atoms with Crippen LogP contribution in [0.15, 0.2) is 18.3 Å². The van der Waals surface area contributed by atoms with Gasteiger partial charge in [0, 0.05) is 24.5 Å². The van der Waals surface area contributed by atoms with E-state index in [4.69, 9.17) is 9.47 Å². The Labute approximate surface area is 100.0 Å². The van der Waals surface area contributed by atoms with Gasteiger partial charge in [-0.2, -0.15) is 0 Å². The average Bonchev–Trinajstić information content (AvgIpc) is 2.80. The molecule has 1 saturated heterocycles. The summed E-state index contributed by atoms with van der Waals surface area (Å²) in [6.45, 7) is 1.42. The minimum Gasteiger partial charge on any atom is -0.348 e. The molecule has 0 atom stereocenters. The van der Waals surface area contributed by atoms with E-state index in [1.807, 2.05) is 0 Å². The first-order valence-electron chi connectivity index (χ1n) is 6.17. The number of pyridine rings is 1. The van der Waals surface area contributed by atoms with Crippen molar-refractivity contribution in [1.29, 1.82) is 0 Å². The molecule has 0 aromatic carbocycles. The zero-order valence-corrected chi connectivity index (χ0v) is 9.69. The zero-order valence-electron chi connectivity index (χ0n) is 9.69. The molecule has 3 rings (SSSR count). The highest BCUT2D eigenvalue weighted by atomic mass is 19.1. The maximum absolute atomic E-state index is 12.8. The monoisotopic (exact) mass is 237 g/mol. The van der Waals surface area contributed by atoms with Crippen LogP contribution in [-0.4, -0.2) is 24.0 Å². The standard InChI is InChI=1S/C13H16FNO2/c14-11-1-2-12(15-9-11)10-3-5-13(6-4-10)16-7-8-17-13/h1-2,9-10H,3-8H2. The molecule has 3 nitrogen and oxygen atoms in total. The van der Waals surface area contributed by atoms with E-state index in [9.17, 15) is 4.39 Å². The summed E-state index contributed by atoms with van der Waals surface area (Å²) in [5, 5.41) is 0. The van der Waals surface area contributed by atoms with E-state index in [0.29, 0.717) is 19.1 Å². The van der Waals surface area contributed by atoms with E-state index in [2.05, 4.69) is 4.98 Å². The first-order chi connectivity index (χ1) is 8.27. The van der Waals surface area contributed by atoms with Gasteiger partial charge in [-0.3, -0.25) is 4.98 Å². The molecule has 1 aromatic rings. The van der Waals surface area contributed by atoms with E-state index in [0.717, 1.165) is 31.4 Å². The van der Waals surface area contributed by atoms with Crippen LogP contribution in [0, 0.1) is 5.82 Å². The van der Waals surface area contributed by atoms with Crippen molar-refractivity contribution < 1.29 is 13.9 Å². The van der Waals surface area contributed by atoms with Gasteiger partial charge in [0.05, 0.1) is 19.4 Å². The Morgan fingerprint density at radius 3 is 2.47 bits per heavy atom. The number of aromatic nitrogens is 1. The van der Waals surface area contributed by atoms with Crippen LogP contribution >= 0.6 is 0 Å². The summed E-state index contributed by atoms with van der Waals surface area (Å²) in [6.07, 6.45) is 5.12. The summed E-state index contributed by atoms with van der Waals surface area (Å²) < 4.78 is 24.2. The molecule has 2 aliphatic rings. The lowest BCUT2D eigenvalue weighted by Gasteiger charge is -2.35. The topological polar surface area (TPSA) is 31.4 Å². The molecule has 1 aromatic heterocycles. The highest BCUT2D eigenvalue weighted by molar-refractivity contribution is 5.12. The quantitative estimate of drug-likeness (QED) is 0.752. The number of ether oxygens (including phenoxy) is 2. The second-order valence-electron chi connectivity index (χ2n) is 4.78. The van der Waals surface area contributed by atoms with Crippen LogP contribution in [-0.2, 0) is 9.47 Å². The minimum atomic E-state index is -0.323. The van der Waals surface area contributed by atoms with Crippen LogP contribution in [0.2, 0.25) is 0 Å². The van der Waals surface area contributed by atoms with Gasteiger partial charge in [-0.15, -0.1) is 0 Å². The molecule has 0 N–H and O–H groups in total. The zero-order chi connectivity index (χ0) is 11.7. The van der Waals surface area contributed by atoms with E-state index in [1.165, 1.54) is 12.3 Å². The Hall–Kier alpha value is -1.00. The summed E-state index contributed by atoms with van der Waals surface area (Å²) in [6, 6.07) is 3.27. The Morgan fingerprint density at radius 1 is 1.18 bits per heavy atom. The highest BCUT2D eigenvalue weighted by Crippen LogP contribution is 2.41. The van der Waals surface area contributed by atoms with Crippen molar-refractivity contribution in [1.82, 2.24) is 4.98 Å². The first-order valence-corrected chi connectivity index (χ1v) is 6.17. The first kappa shape index (κ1) is 11.1. The molecule has 0 unspecified atom stereocenters. The molecule has 2 fully saturated rings. The average molecular weight is 237 g/mol. The summed E-state index contributed by atoms with van der Waals surface area (Å²) in [7, 11) is 0. The lowest BCUT2D eigenvalue weighted by Crippen LogP contribution is -2.34. The number of rotatable bonds is 1. The van der Waals surface area contributed by atoms with Crippen molar-refractivity contribution in [2.75, 3.05) is 13.2 Å². The maximum Gasteiger partial charge on any atom is 0.168 e. The molecule has 0 bridgehead atoms. The van der Waals surface area contributed by atoms with Gasteiger partial charge in [0.2, 0.25) is 0 Å². The molecule has 1 aliphatic carbocycles. The van der Waals surface area contributed by atoms with E-state index < -0.39 is 0 Å². The molecule has 0 amide bonds. The van der Waals surface area contributed by atoms with Gasteiger partial charge < -0.3 is 9.47 Å². The fourth-order valence-electron chi connectivity index (χ4n) is 2.77. The Morgan fingerprint density at radius 2 is 1.88 bits per heavy atom. The van der Waals surface area contributed by atoms with Gasteiger partial charge in [0.25, 0.3) is 0 Å². The molecule has 1 aliphatic heterocycles. The third kappa shape index (κ3) is 2.19. The Kier molecular flexibility index (Phi) is 2.84. The smallest absolute Gasteiger partial charge is 0.168 e. The maximum atomic E-state index is 12.8. The second-order valence-corrected chi connectivity index (χ2v) is 4.78. The van der Waals surface area contributed by atoms with Crippen molar-refractivity contribution in [3.8, 4) is 0 Å². The second kappa shape index (κ2) is 4.35. The van der Waals surface area contributed by atoms with Crippen LogP contribution in [0.1, 0.15) is 37.3 Å². The van der Waals surface area contributed by atoms with Crippen LogP contribution in [0.25, 0.3) is 0 Å². The fraction of sp³-hybridized carbons (Fsp3) is 0.615. The molecule has 92 valence electrons. The van der Waals surface area contributed by atoms with Crippen molar-refractivity contribution in [3.05, 3.63) is 29.8 Å². The predicted molar refractivity (Wildman–Crippen MR) is 60.0 cm³/mol. The molecule has 1 spiro atoms. The Bertz CT molecular complexity index is 377. The number of hydrogen-bond donors (Lipinski definition) is 0. The van der Waals surface area contributed by atoms with Crippen molar-refractivity contribution >= 4 is 0 Å². The largest absolute Gasteiger partial charge is 0.348 e. The summed E-state index contributed by atoms with van der Waals surface area (Å²) in [4.78, 5) is 4.16. The van der Waals surface area contributed by atoms with Crippen LogP contribution < -0.4 is 0 Å². The predicted octanol–water partition coefficient (Wildman–Crippen LogP) is 2.62. The van der Waals surface area contributed by atoms with E-state index >= 15 is 0 Å². The van der Waals surface area contributed by atoms with Gasteiger partial charge in [0.15, 0.2) is 5.79 Å². The molecular formula is C13H16FNO2. The number of hydrogen-bond acceptors (Lipinski definition) is 3. The van der Waals surface area contributed by atoms with Gasteiger partial charge in [-0.05, 0) is 25.0 Å². The third-order valence-electron chi connectivity index (χ3n) is 3.73. The third-order valence-corrected chi connectivity index (χ3v) is 3.73. The summed E-state index contributed by atoms with van der Waals surface area (Å²) in [5.41, 5.74) is 0.985. The number of halogens is 1. The minimum absolute atomic E-state index is 0.275. The molecule has 2 heterocycles. The normalized spacial score (nSPS) is 24.3. The number of nitrogens with zero attached hydrogens (tertiary/aromatic N) is 1. The van der Waals surface area contributed by atoms with Gasteiger partial charge >= 0.3 is 0 Å². The molecule has 0 radical (unpaired) electrons. The van der Waals surface area contributed by atoms with Crippen LogP contribution in [0.4, 0.5) is 4.39 Å². The molecule has 17 heavy (non-hydrogen) atoms. The fourth-order valence-corrected chi connectivity index (χ4v) is 2.77. The molecule has 4 heteroatoms. The lowest BCUT2D eigenvalue weighted by atomic mass is 9.83. The SMILES string of the molecule is Fc1ccc(C2CCC3(CC2)OCCO3)nc1. The lowest BCUT2D eigenvalue weighted by molar-refractivity contribution is -0.178. The summed E-state index contributed by atoms with van der Waals surface area (Å²) >= 11 is 0. The van der Waals surface area contributed by atoms with E-state index in [1.54, 1.807) is 6.07 Å². The van der Waals surface area contributed by atoms with E-state index in [-0.39, 0.29) is 11.6 Å². The highest BCUT2D eigenvalue weighted by Gasteiger charge is 2.40. The molecule has 1 saturated carbocycles. The van der Waals surface area contributed by atoms with Crippen molar-refractivity contribution in [2.24, 2.45) is 0 Å². The van der Waals surface area contributed by atoms with Crippen molar-refractivity contribution in [2.45, 2.75) is 37.4 Å². The van der Waals surface area contributed by atoms with Gasteiger partial charge in [-0.1, -0.05) is 0 Å². The van der Waals surface area contributed by atoms with Crippen molar-refractivity contribution in [3.63, 3.8) is 0 Å². The summed E-state index contributed by atoms with van der Waals surface area (Å²) in [5.74, 6) is -0.186. The molecular weight excluding hydrogens is 221 g/mol.